The first kappa shape index (κ1) is 11.4. The minimum absolute atomic E-state index is 0.800. The zero-order valence-electron chi connectivity index (χ0n) is 10.3. The lowest BCUT2D eigenvalue weighted by molar-refractivity contribution is 0.202. The molecule has 0 amide bonds. The third-order valence-corrected chi connectivity index (χ3v) is 4.19. The number of rotatable bonds is 5. The second-order valence-electron chi connectivity index (χ2n) is 5.43. The summed E-state index contributed by atoms with van der Waals surface area (Å²) >= 11 is 0. The van der Waals surface area contributed by atoms with Gasteiger partial charge in [0, 0.05) is 6.04 Å². The number of nitrogens with one attached hydrogen (secondary N) is 1. The minimum Gasteiger partial charge on any atom is -0.314 e. The molecule has 0 spiro atoms. The zero-order chi connectivity index (χ0) is 10.7. The molecule has 0 radical (unpaired) electrons. The Labute approximate surface area is 94.4 Å². The van der Waals surface area contributed by atoms with E-state index in [9.17, 15) is 0 Å². The molecule has 0 aromatic rings. The molecule has 2 fully saturated rings. The summed E-state index contributed by atoms with van der Waals surface area (Å²) in [4.78, 5) is 2.56. The SMILES string of the molecule is CCN1CCC(NCC(C)C2CC2)CC1. The third-order valence-electron chi connectivity index (χ3n) is 4.19. The van der Waals surface area contributed by atoms with Crippen molar-refractivity contribution in [1.29, 1.82) is 0 Å². The first-order chi connectivity index (χ1) is 7.29. The van der Waals surface area contributed by atoms with E-state index in [0.717, 1.165) is 17.9 Å². The fraction of sp³-hybridized carbons (Fsp3) is 1.00. The Hall–Kier alpha value is -0.0800. The molecule has 1 unspecified atom stereocenters. The van der Waals surface area contributed by atoms with E-state index >= 15 is 0 Å². The molecule has 1 aliphatic heterocycles. The Morgan fingerprint density at radius 3 is 2.40 bits per heavy atom. The molecular weight excluding hydrogens is 184 g/mol. The molecule has 2 heteroatoms. The lowest BCUT2D eigenvalue weighted by Crippen LogP contribution is -2.43. The van der Waals surface area contributed by atoms with Gasteiger partial charge in [0.05, 0.1) is 0 Å². The highest BCUT2D eigenvalue weighted by Gasteiger charge is 2.28. The Bertz CT molecular complexity index is 181. The number of nitrogens with zero attached hydrogens (tertiary/aromatic N) is 1. The monoisotopic (exact) mass is 210 g/mol. The molecule has 2 rings (SSSR count). The quantitative estimate of drug-likeness (QED) is 0.747. The number of hydrogen-bond donors (Lipinski definition) is 1. The van der Waals surface area contributed by atoms with Crippen molar-refractivity contribution in [2.75, 3.05) is 26.2 Å². The first-order valence-electron chi connectivity index (χ1n) is 6.75. The fourth-order valence-electron chi connectivity index (χ4n) is 2.64. The van der Waals surface area contributed by atoms with Crippen molar-refractivity contribution in [3.8, 4) is 0 Å². The van der Waals surface area contributed by atoms with Gasteiger partial charge in [-0.3, -0.25) is 0 Å². The molecule has 15 heavy (non-hydrogen) atoms. The van der Waals surface area contributed by atoms with Crippen molar-refractivity contribution in [3.63, 3.8) is 0 Å². The van der Waals surface area contributed by atoms with Crippen molar-refractivity contribution < 1.29 is 0 Å². The molecule has 0 aromatic carbocycles. The maximum absolute atomic E-state index is 3.76. The Kier molecular flexibility index (Phi) is 4.04. The van der Waals surface area contributed by atoms with E-state index in [0.29, 0.717) is 0 Å². The van der Waals surface area contributed by atoms with Crippen molar-refractivity contribution in [2.45, 2.75) is 45.6 Å². The van der Waals surface area contributed by atoms with Crippen LogP contribution in [0, 0.1) is 11.8 Å². The van der Waals surface area contributed by atoms with Crippen LogP contribution in [0.3, 0.4) is 0 Å². The van der Waals surface area contributed by atoms with E-state index in [-0.39, 0.29) is 0 Å². The molecular formula is C13H26N2. The smallest absolute Gasteiger partial charge is 0.00915 e. The van der Waals surface area contributed by atoms with Crippen LogP contribution >= 0.6 is 0 Å². The lowest BCUT2D eigenvalue weighted by atomic mass is 10.0. The summed E-state index contributed by atoms with van der Waals surface area (Å²) in [5.41, 5.74) is 0. The summed E-state index contributed by atoms with van der Waals surface area (Å²) in [5.74, 6) is 1.96. The summed E-state index contributed by atoms with van der Waals surface area (Å²) in [7, 11) is 0. The Morgan fingerprint density at radius 1 is 1.20 bits per heavy atom. The van der Waals surface area contributed by atoms with Gasteiger partial charge in [-0.2, -0.15) is 0 Å². The molecule has 1 heterocycles. The molecule has 88 valence electrons. The summed E-state index contributed by atoms with van der Waals surface area (Å²) < 4.78 is 0. The zero-order valence-corrected chi connectivity index (χ0v) is 10.3. The van der Waals surface area contributed by atoms with E-state index in [1.807, 2.05) is 0 Å². The van der Waals surface area contributed by atoms with Gasteiger partial charge in [-0.25, -0.2) is 0 Å². The molecule has 1 aliphatic carbocycles. The van der Waals surface area contributed by atoms with Gasteiger partial charge in [0.1, 0.15) is 0 Å². The second-order valence-corrected chi connectivity index (χ2v) is 5.43. The van der Waals surface area contributed by atoms with Crippen molar-refractivity contribution >= 4 is 0 Å². The predicted octanol–water partition coefficient (Wildman–Crippen LogP) is 2.11. The van der Waals surface area contributed by atoms with Crippen LogP contribution in [0.1, 0.15) is 39.5 Å². The van der Waals surface area contributed by atoms with E-state index < -0.39 is 0 Å². The lowest BCUT2D eigenvalue weighted by Gasteiger charge is -2.32. The minimum atomic E-state index is 0.800. The number of likely N-dealkylation sites (tertiary alicyclic amines) is 1. The highest BCUT2D eigenvalue weighted by atomic mass is 15.1. The van der Waals surface area contributed by atoms with Crippen LogP contribution in [-0.2, 0) is 0 Å². The van der Waals surface area contributed by atoms with E-state index in [4.69, 9.17) is 0 Å². The van der Waals surface area contributed by atoms with Gasteiger partial charge in [-0.05, 0) is 63.7 Å². The molecule has 2 nitrogen and oxygen atoms in total. The third kappa shape index (κ3) is 3.46. The largest absolute Gasteiger partial charge is 0.314 e. The second kappa shape index (κ2) is 5.31. The molecule has 2 aliphatic rings. The van der Waals surface area contributed by atoms with Crippen LogP contribution in [0.15, 0.2) is 0 Å². The Morgan fingerprint density at radius 2 is 1.87 bits per heavy atom. The topological polar surface area (TPSA) is 15.3 Å². The maximum Gasteiger partial charge on any atom is 0.00915 e. The van der Waals surface area contributed by atoms with Gasteiger partial charge in [0.25, 0.3) is 0 Å². The molecule has 1 N–H and O–H groups in total. The first-order valence-corrected chi connectivity index (χ1v) is 6.75. The van der Waals surface area contributed by atoms with Gasteiger partial charge in [-0.1, -0.05) is 13.8 Å². The highest BCUT2D eigenvalue weighted by Crippen LogP contribution is 2.36. The van der Waals surface area contributed by atoms with Gasteiger partial charge in [0.15, 0.2) is 0 Å². The van der Waals surface area contributed by atoms with Crippen LogP contribution in [0.4, 0.5) is 0 Å². The average Bonchev–Trinajstić information content (AvgIpc) is 3.10. The predicted molar refractivity (Wildman–Crippen MR) is 65.0 cm³/mol. The van der Waals surface area contributed by atoms with Crippen molar-refractivity contribution in [3.05, 3.63) is 0 Å². The van der Waals surface area contributed by atoms with Crippen molar-refractivity contribution in [2.24, 2.45) is 11.8 Å². The number of piperidine rings is 1. The fourth-order valence-corrected chi connectivity index (χ4v) is 2.64. The van der Waals surface area contributed by atoms with Gasteiger partial charge in [-0.15, -0.1) is 0 Å². The van der Waals surface area contributed by atoms with E-state index in [2.05, 4.69) is 24.1 Å². The number of hydrogen-bond acceptors (Lipinski definition) is 2. The summed E-state index contributed by atoms with van der Waals surface area (Å²) in [6.07, 6.45) is 5.67. The van der Waals surface area contributed by atoms with Crippen LogP contribution in [0.2, 0.25) is 0 Å². The van der Waals surface area contributed by atoms with Crippen LogP contribution in [-0.4, -0.2) is 37.1 Å². The van der Waals surface area contributed by atoms with Crippen LogP contribution < -0.4 is 5.32 Å². The molecule has 1 saturated carbocycles. The molecule has 1 saturated heterocycles. The van der Waals surface area contributed by atoms with E-state index in [1.54, 1.807) is 0 Å². The van der Waals surface area contributed by atoms with Gasteiger partial charge < -0.3 is 10.2 Å². The average molecular weight is 210 g/mol. The summed E-state index contributed by atoms with van der Waals surface area (Å²) in [6.45, 7) is 9.75. The van der Waals surface area contributed by atoms with Crippen LogP contribution in [0.5, 0.6) is 0 Å². The van der Waals surface area contributed by atoms with Gasteiger partial charge >= 0.3 is 0 Å². The molecule has 0 aromatic heterocycles. The Balaban J connectivity index is 1.59. The van der Waals surface area contributed by atoms with Crippen LogP contribution in [0.25, 0.3) is 0 Å². The standard InChI is InChI=1S/C13H26N2/c1-3-15-8-6-13(7-9-15)14-10-11(2)12-4-5-12/h11-14H,3-10H2,1-2H3. The summed E-state index contributed by atoms with van der Waals surface area (Å²) in [5, 5.41) is 3.76. The maximum atomic E-state index is 3.76. The molecule has 0 bridgehead atoms. The molecule has 1 atom stereocenters. The van der Waals surface area contributed by atoms with Gasteiger partial charge in [0.2, 0.25) is 0 Å². The normalized spacial score (nSPS) is 26.8. The highest BCUT2D eigenvalue weighted by molar-refractivity contribution is 4.82. The van der Waals surface area contributed by atoms with E-state index in [1.165, 1.54) is 51.9 Å². The summed E-state index contributed by atoms with van der Waals surface area (Å²) in [6, 6.07) is 0.800. The van der Waals surface area contributed by atoms with Crippen molar-refractivity contribution in [1.82, 2.24) is 10.2 Å².